The Morgan fingerprint density at radius 1 is 0.386 bits per heavy atom. The number of nitrogens with zero attached hydrogens (tertiary/aromatic N) is 1. The molecule has 0 aliphatic heterocycles. The van der Waals surface area contributed by atoms with E-state index < -0.39 is 0 Å². The number of fused-ring (bicyclic) bond motifs is 7. The molecule has 0 atom stereocenters. The van der Waals surface area contributed by atoms with Crippen LogP contribution in [0.3, 0.4) is 0 Å². The Morgan fingerprint density at radius 2 is 0.982 bits per heavy atom. The van der Waals surface area contributed by atoms with E-state index in [1.807, 2.05) is 11.3 Å². The summed E-state index contributed by atoms with van der Waals surface area (Å²) in [5, 5.41) is 5.18. The van der Waals surface area contributed by atoms with Crippen molar-refractivity contribution in [3.05, 3.63) is 211 Å². The smallest absolute Gasteiger partial charge is 0.0540 e. The Morgan fingerprint density at radius 3 is 1.84 bits per heavy atom. The molecule has 0 unspecified atom stereocenters. The molecule has 1 nitrogen and oxygen atoms in total. The van der Waals surface area contributed by atoms with Gasteiger partial charge in [0.05, 0.1) is 5.69 Å². The van der Waals surface area contributed by atoms with E-state index in [4.69, 9.17) is 0 Å². The highest BCUT2D eigenvalue weighted by Gasteiger charge is 2.36. The number of hydrogen-bond donors (Lipinski definition) is 0. The Hall–Kier alpha value is -6.74. The van der Waals surface area contributed by atoms with Gasteiger partial charge in [-0.25, -0.2) is 0 Å². The zero-order valence-electron chi connectivity index (χ0n) is 31.9. The van der Waals surface area contributed by atoms with Crippen LogP contribution in [-0.4, -0.2) is 0 Å². The van der Waals surface area contributed by atoms with Crippen molar-refractivity contribution in [1.82, 2.24) is 0 Å². The predicted octanol–water partition coefficient (Wildman–Crippen LogP) is 16.0. The molecule has 9 aromatic carbocycles. The summed E-state index contributed by atoms with van der Waals surface area (Å²) in [6.45, 7) is 4.77. The first kappa shape index (κ1) is 33.6. The Balaban J connectivity index is 1.03. The minimum atomic E-state index is -0.190. The van der Waals surface area contributed by atoms with Crippen LogP contribution in [0.15, 0.2) is 200 Å². The molecular weight excluding hydrogens is 707 g/mol. The van der Waals surface area contributed by atoms with Crippen molar-refractivity contribution >= 4 is 59.3 Å². The SMILES string of the molecule is CC1(C)c2cc(-c3ccc4ccccc4c3)ccc2-c2ccc(N(c3ccc(-c4cccc5c4sc4ccccc45)cc3)c3ccccc3-c3ccccc3)cc21. The van der Waals surface area contributed by atoms with Crippen LogP contribution in [0.1, 0.15) is 25.0 Å². The number of benzene rings is 9. The maximum atomic E-state index is 2.45. The molecule has 0 saturated carbocycles. The lowest BCUT2D eigenvalue weighted by Crippen LogP contribution is -2.17. The van der Waals surface area contributed by atoms with Crippen molar-refractivity contribution in [1.29, 1.82) is 0 Å². The molecule has 1 aliphatic rings. The Kier molecular flexibility index (Phi) is 7.77. The molecule has 0 spiro atoms. The van der Waals surface area contributed by atoms with Crippen LogP contribution in [0.2, 0.25) is 0 Å². The number of thiophene rings is 1. The second-order valence-electron chi connectivity index (χ2n) is 15.7. The van der Waals surface area contributed by atoms with E-state index in [0.717, 1.165) is 17.1 Å². The largest absolute Gasteiger partial charge is 0.310 e. The highest BCUT2D eigenvalue weighted by Crippen LogP contribution is 2.52. The maximum Gasteiger partial charge on any atom is 0.0540 e. The number of hydrogen-bond acceptors (Lipinski definition) is 2. The molecule has 2 heteroatoms. The average Bonchev–Trinajstić information content (AvgIpc) is 3.76. The van der Waals surface area contributed by atoms with Gasteiger partial charge >= 0.3 is 0 Å². The van der Waals surface area contributed by atoms with Crippen LogP contribution in [-0.2, 0) is 5.41 Å². The number of anilines is 3. The normalized spacial score (nSPS) is 12.9. The Labute approximate surface area is 337 Å². The quantitative estimate of drug-likeness (QED) is 0.164. The molecule has 0 amide bonds. The molecule has 0 saturated heterocycles. The summed E-state index contributed by atoms with van der Waals surface area (Å²) < 4.78 is 2.66. The van der Waals surface area contributed by atoms with Crippen LogP contribution in [0, 0.1) is 0 Å². The molecule has 1 aliphatic carbocycles. The van der Waals surface area contributed by atoms with Gasteiger partial charge in [-0.2, -0.15) is 0 Å². The lowest BCUT2D eigenvalue weighted by molar-refractivity contribution is 0.660. The fourth-order valence-corrected chi connectivity index (χ4v) is 10.4. The standard InChI is InChI=1S/C55H39NS/c1-55(2)50-34-41(40-24-23-36-13-6-7-16-39(36)33-40)27-31-46(50)47-32-30-43(35-51(47)55)56(52-21-10-8-17-44(52)37-14-4-3-5-15-37)42-28-25-38(26-29-42)45-19-12-20-49-48-18-9-11-22-53(48)57-54(45)49/h3-35H,1-2H3. The summed E-state index contributed by atoms with van der Waals surface area (Å²) in [6, 6.07) is 73.8. The van der Waals surface area contributed by atoms with E-state index >= 15 is 0 Å². The van der Waals surface area contributed by atoms with Crippen LogP contribution in [0.4, 0.5) is 17.1 Å². The third-order valence-corrected chi connectivity index (χ3v) is 13.3. The fourth-order valence-electron chi connectivity index (χ4n) is 9.14. The van der Waals surface area contributed by atoms with Crippen molar-refractivity contribution < 1.29 is 0 Å². The van der Waals surface area contributed by atoms with Gasteiger partial charge in [0, 0.05) is 42.5 Å². The molecule has 57 heavy (non-hydrogen) atoms. The van der Waals surface area contributed by atoms with Crippen LogP contribution >= 0.6 is 11.3 Å². The topological polar surface area (TPSA) is 3.24 Å². The van der Waals surface area contributed by atoms with Gasteiger partial charge in [0.1, 0.15) is 0 Å². The van der Waals surface area contributed by atoms with Crippen molar-refractivity contribution in [2.24, 2.45) is 0 Å². The molecule has 0 radical (unpaired) electrons. The average molecular weight is 746 g/mol. The summed E-state index contributed by atoms with van der Waals surface area (Å²) in [5.74, 6) is 0. The summed E-state index contributed by atoms with van der Waals surface area (Å²) in [4.78, 5) is 2.45. The number of rotatable bonds is 6. The maximum absolute atomic E-state index is 2.45. The third-order valence-electron chi connectivity index (χ3n) is 12.1. The fraction of sp³-hybridized carbons (Fsp3) is 0.0545. The van der Waals surface area contributed by atoms with Gasteiger partial charge in [-0.1, -0.05) is 166 Å². The second-order valence-corrected chi connectivity index (χ2v) is 16.8. The molecule has 0 bridgehead atoms. The van der Waals surface area contributed by atoms with E-state index in [-0.39, 0.29) is 5.41 Å². The van der Waals surface area contributed by atoms with Crippen molar-refractivity contribution in [3.63, 3.8) is 0 Å². The summed E-state index contributed by atoms with van der Waals surface area (Å²) in [5.41, 5.74) is 16.0. The lowest BCUT2D eigenvalue weighted by Gasteiger charge is -2.30. The first-order chi connectivity index (χ1) is 28.0. The highest BCUT2D eigenvalue weighted by atomic mass is 32.1. The highest BCUT2D eigenvalue weighted by molar-refractivity contribution is 7.26. The van der Waals surface area contributed by atoms with Gasteiger partial charge in [-0.15, -0.1) is 11.3 Å². The zero-order valence-corrected chi connectivity index (χ0v) is 32.7. The first-order valence-electron chi connectivity index (χ1n) is 19.8. The second kappa shape index (κ2) is 13.2. The van der Waals surface area contributed by atoms with E-state index in [1.165, 1.54) is 86.6 Å². The minimum Gasteiger partial charge on any atom is -0.310 e. The summed E-state index contributed by atoms with van der Waals surface area (Å²) >= 11 is 1.88. The molecular formula is C55H39NS. The molecule has 1 aromatic heterocycles. The zero-order chi connectivity index (χ0) is 38.1. The molecule has 1 heterocycles. The van der Waals surface area contributed by atoms with Crippen LogP contribution in [0.25, 0.3) is 75.5 Å². The van der Waals surface area contributed by atoms with Crippen molar-refractivity contribution in [3.8, 4) is 44.5 Å². The minimum absolute atomic E-state index is 0.190. The van der Waals surface area contributed by atoms with Gasteiger partial charge in [0.2, 0.25) is 0 Å². The summed E-state index contributed by atoms with van der Waals surface area (Å²) in [6.07, 6.45) is 0. The first-order valence-corrected chi connectivity index (χ1v) is 20.6. The van der Waals surface area contributed by atoms with Crippen molar-refractivity contribution in [2.75, 3.05) is 4.90 Å². The third kappa shape index (κ3) is 5.51. The molecule has 0 fully saturated rings. The van der Waals surface area contributed by atoms with E-state index in [1.54, 1.807) is 0 Å². The van der Waals surface area contributed by atoms with Gasteiger partial charge in [0.15, 0.2) is 0 Å². The molecule has 0 N–H and O–H groups in total. The lowest BCUT2D eigenvalue weighted by atomic mass is 9.81. The van der Waals surface area contributed by atoms with Crippen molar-refractivity contribution in [2.45, 2.75) is 19.3 Å². The van der Waals surface area contributed by atoms with Crippen LogP contribution in [0.5, 0.6) is 0 Å². The molecule has 10 aromatic rings. The molecule has 11 rings (SSSR count). The number of para-hydroxylation sites is 1. The van der Waals surface area contributed by atoms with E-state index in [0.29, 0.717) is 0 Å². The molecule has 270 valence electrons. The predicted molar refractivity (Wildman–Crippen MR) is 245 cm³/mol. The van der Waals surface area contributed by atoms with Gasteiger partial charge in [-0.05, 0) is 109 Å². The van der Waals surface area contributed by atoms with Gasteiger partial charge in [-0.3, -0.25) is 0 Å². The van der Waals surface area contributed by atoms with Crippen LogP contribution < -0.4 is 4.90 Å². The van der Waals surface area contributed by atoms with E-state index in [2.05, 4.69) is 219 Å². The van der Waals surface area contributed by atoms with Gasteiger partial charge < -0.3 is 4.90 Å². The van der Waals surface area contributed by atoms with Gasteiger partial charge in [0.25, 0.3) is 0 Å². The Bertz CT molecular complexity index is 3150. The summed E-state index contributed by atoms with van der Waals surface area (Å²) in [7, 11) is 0. The monoisotopic (exact) mass is 745 g/mol. The van der Waals surface area contributed by atoms with E-state index in [9.17, 15) is 0 Å².